The zero-order valence-corrected chi connectivity index (χ0v) is 26.5. The number of hydrogen-bond acceptors (Lipinski definition) is 8. The molecule has 0 fully saturated rings. The smallest absolute Gasteiger partial charge is 0.410 e. The van der Waals surface area contributed by atoms with Gasteiger partial charge in [-0.25, -0.2) is 4.79 Å². The molecular weight excluding hydrogens is 593 g/mol. The van der Waals surface area contributed by atoms with E-state index in [1.165, 1.54) is 6.07 Å². The van der Waals surface area contributed by atoms with Gasteiger partial charge < -0.3 is 30.2 Å². The van der Waals surface area contributed by atoms with E-state index in [4.69, 9.17) is 27.9 Å². The normalized spacial score (nSPS) is 11.8. The zero-order valence-electron chi connectivity index (χ0n) is 23.3. The minimum Gasteiger partial charge on any atom is -0.506 e. The van der Waals surface area contributed by atoms with Crippen molar-refractivity contribution in [2.75, 3.05) is 37.7 Å². The number of H-pyrrole nitrogens is 1. The number of aromatic amines is 1. The summed E-state index contributed by atoms with van der Waals surface area (Å²) in [4.78, 5) is 28.3. The van der Waals surface area contributed by atoms with Crippen LogP contribution in [0.3, 0.4) is 0 Å². The van der Waals surface area contributed by atoms with E-state index in [9.17, 15) is 19.8 Å². The summed E-state index contributed by atoms with van der Waals surface area (Å²) in [6, 6.07) is 8.60. The molecule has 12 heteroatoms. The Morgan fingerprint density at radius 1 is 1.18 bits per heavy atom. The van der Waals surface area contributed by atoms with Gasteiger partial charge in [0, 0.05) is 37.5 Å². The van der Waals surface area contributed by atoms with E-state index < -0.39 is 6.10 Å². The molecule has 4 N–H and O–H groups in total. The molecule has 1 atom stereocenters. The van der Waals surface area contributed by atoms with Gasteiger partial charge in [0.2, 0.25) is 0 Å². The summed E-state index contributed by atoms with van der Waals surface area (Å²) >= 11 is 15.1. The lowest BCUT2D eigenvalue weighted by Crippen LogP contribution is -2.36. The van der Waals surface area contributed by atoms with Crippen LogP contribution < -0.4 is 10.2 Å². The lowest BCUT2D eigenvalue weighted by Gasteiger charge is -2.23. The molecule has 222 valence electrons. The average molecular weight is 633 g/mol. The van der Waals surface area contributed by atoms with Gasteiger partial charge in [0.1, 0.15) is 11.3 Å². The molecule has 2 aromatic carbocycles. The largest absolute Gasteiger partial charge is 0.506 e. The Labute approximate surface area is 254 Å². The van der Waals surface area contributed by atoms with Crippen molar-refractivity contribution in [3.8, 4) is 5.75 Å². The first-order valence-corrected chi connectivity index (χ1v) is 16.1. The van der Waals surface area contributed by atoms with Crippen LogP contribution in [0.15, 0.2) is 35.1 Å². The molecule has 0 aliphatic rings. The topological polar surface area (TPSA) is 115 Å². The monoisotopic (exact) mass is 631 g/mol. The van der Waals surface area contributed by atoms with Gasteiger partial charge in [-0.3, -0.25) is 4.79 Å². The first-order valence-electron chi connectivity index (χ1n) is 13.4. The number of aliphatic hydroxyl groups is 1. The molecule has 0 saturated heterocycles. The molecule has 0 saturated carbocycles. The number of thioether (sulfide) groups is 1. The van der Waals surface area contributed by atoms with Crippen LogP contribution in [0.5, 0.6) is 5.75 Å². The fourth-order valence-electron chi connectivity index (χ4n) is 3.82. The molecule has 1 aromatic heterocycles. The summed E-state index contributed by atoms with van der Waals surface area (Å²) in [5, 5.41) is 24.7. The highest BCUT2D eigenvalue weighted by molar-refractivity contribution is 7.99. The number of aromatic nitrogens is 1. The number of halogens is 2. The molecule has 40 heavy (non-hydrogen) atoms. The van der Waals surface area contributed by atoms with Crippen molar-refractivity contribution in [1.29, 1.82) is 0 Å². The van der Waals surface area contributed by atoms with E-state index in [2.05, 4.69) is 10.3 Å². The summed E-state index contributed by atoms with van der Waals surface area (Å²) in [6.07, 6.45) is 0.0480. The molecule has 1 amide bonds. The zero-order chi connectivity index (χ0) is 29.7. The lowest BCUT2D eigenvalue weighted by atomic mass is 10.1. The number of hydrogen-bond donors (Lipinski definition) is 4. The number of ether oxygens (including phenoxy) is 1. The number of thiazole rings is 1. The number of fused-ring (bicyclic) bond motifs is 1. The third-order valence-corrected chi connectivity index (χ3v) is 8.56. The Morgan fingerprint density at radius 3 is 2.65 bits per heavy atom. The number of benzene rings is 2. The Kier molecular flexibility index (Phi) is 15.2. The molecular formula is C28H39Cl2N3O5S2. The molecule has 1 unspecified atom stereocenters. The second-order valence-electron chi connectivity index (χ2n) is 8.96. The number of aromatic hydroxyl groups is 1. The Morgan fingerprint density at radius 2 is 1.93 bits per heavy atom. The van der Waals surface area contributed by atoms with E-state index in [1.807, 2.05) is 39.8 Å². The third-order valence-electron chi connectivity index (χ3n) is 5.70. The molecule has 0 bridgehead atoms. The van der Waals surface area contributed by atoms with Gasteiger partial charge in [0.25, 0.3) is 0 Å². The molecule has 0 spiro atoms. The number of nitrogens with zero attached hydrogens (tertiary/aromatic N) is 1. The predicted molar refractivity (Wildman–Crippen MR) is 169 cm³/mol. The van der Waals surface area contributed by atoms with Crippen molar-refractivity contribution in [3.63, 3.8) is 0 Å². The number of phenols is 1. The third kappa shape index (κ3) is 10.5. The quantitative estimate of drug-likeness (QED) is 0.151. The molecule has 1 heterocycles. The van der Waals surface area contributed by atoms with Crippen LogP contribution in [-0.4, -0.2) is 70.0 Å². The maximum atomic E-state index is 12.6. The number of rotatable bonds is 14. The standard InChI is InChI=1S/C26H33Cl2N3O5S2.C2H6/c1-16(2)36-26(35)31(12-9-17-5-3-6-19(27)22(17)28)11-4-13-37-14-10-29-15-21(33)18-7-8-20(32)23-24(18)38-25(34)30-23;1-2/h3,5-8,16,21,29,32-33H,4,9-15H2,1-2H3,(H,30,34);1-2H3. The van der Waals surface area contributed by atoms with Gasteiger partial charge in [0.15, 0.2) is 0 Å². The van der Waals surface area contributed by atoms with E-state index in [0.717, 1.165) is 34.8 Å². The molecule has 3 aromatic rings. The molecule has 0 radical (unpaired) electrons. The molecule has 8 nitrogen and oxygen atoms in total. The number of amides is 1. The summed E-state index contributed by atoms with van der Waals surface area (Å²) in [6.45, 7) is 9.73. The van der Waals surface area contributed by atoms with Crippen molar-refractivity contribution in [2.45, 2.75) is 52.7 Å². The fraction of sp³-hybridized carbons (Fsp3) is 0.500. The van der Waals surface area contributed by atoms with E-state index in [-0.39, 0.29) is 22.8 Å². The van der Waals surface area contributed by atoms with Gasteiger partial charge in [-0.2, -0.15) is 11.8 Å². The Hall–Kier alpha value is -1.95. The first-order chi connectivity index (χ1) is 19.2. The number of carbonyl (C=O) groups excluding carboxylic acids is 1. The first kappa shape index (κ1) is 34.3. The second-order valence-corrected chi connectivity index (χ2v) is 12.0. The van der Waals surface area contributed by atoms with Crippen LogP contribution in [0, 0.1) is 0 Å². The summed E-state index contributed by atoms with van der Waals surface area (Å²) in [7, 11) is 0. The van der Waals surface area contributed by atoms with E-state index in [1.54, 1.807) is 28.8 Å². The van der Waals surface area contributed by atoms with Crippen LogP contribution in [0.25, 0.3) is 10.2 Å². The predicted octanol–water partition coefficient (Wildman–Crippen LogP) is 6.46. The number of aliphatic hydroxyl groups excluding tert-OH is 1. The van der Waals surface area contributed by atoms with Crippen LogP contribution in [0.4, 0.5) is 4.79 Å². The van der Waals surface area contributed by atoms with Crippen molar-refractivity contribution in [2.24, 2.45) is 0 Å². The maximum absolute atomic E-state index is 12.6. The highest BCUT2D eigenvalue weighted by atomic mass is 35.5. The lowest BCUT2D eigenvalue weighted by molar-refractivity contribution is 0.0771. The summed E-state index contributed by atoms with van der Waals surface area (Å²) in [5.74, 6) is 1.69. The minimum absolute atomic E-state index is 0.0112. The van der Waals surface area contributed by atoms with Crippen molar-refractivity contribution in [1.82, 2.24) is 15.2 Å². The summed E-state index contributed by atoms with van der Waals surface area (Å²) < 4.78 is 5.98. The average Bonchev–Trinajstić information content (AvgIpc) is 3.32. The SMILES string of the molecule is CC.CC(C)OC(=O)N(CCCSCCNCC(O)c1ccc(O)c2[nH]c(=O)sc12)CCc1cccc(Cl)c1Cl. The molecule has 0 aliphatic carbocycles. The van der Waals surface area contributed by atoms with Gasteiger partial charge in [-0.1, -0.05) is 66.6 Å². The van der Waals surface area contributed by atoms with Crippen molar-refractivity contribution in [3.05, 3.63) is 61.2 Å². The van der Waals surface area contributed by atoms with Crippen LogP contribution >= 0.6 is 46.3 Å². The summed E-state index contributed by atoms with van der Waals surface area (Å²) in [5.41, 5.74) is 1.85. The highest BCUT2D eigenvalue weighted by Crippen LogP contribution is 2.31. The van der Waals surface area contributed by atoms with Gasteiger partial charge >= 0.3 is 11.0 Å². The fourth-order valence-corrected chi connectivity index (χ4v) is 5.98. The van der Waals surface area contributed by atoms with Crippen LogP contribution in [-0.2, 0) is 11.2 Å². The van der Waals surface area contributed by atoms with Crippen LogP contribution in [0.2, 0.25) is 10.0 Å². The Balaban J connectivity index is 0.00000274. The molecule has 3 rings (SSSR count). The number of phenolic OH excluding ortho intramolecular Hbond substituents is 1. The van der Waals surface area contributed by atoms with E-state index in [0.29, 0.717) is 58.4 Å². The number of carbonyl (C=O) groups is 1. The van der Waals surface area contributed by atoms with E-state index >= 15 is 0 Å². The second kappa shape index (κ2) is 17.8. The van der Waals surface area contributed by atoms with Crippen molar-refractivity contribution < 1.29 is 19.7 Å². The number of nitrogens with one attached hydrogen (secondary N) is 2. The maximum Gasteiger partial charge on any atom is 0.410 e. The van der Waals surface area contributed by atoms with Crippen LogP contribution in [0.1, 0.15) is 51.3 Å². The van der Waals surface area contributed by atoms with Gasteiger partial charge in [0.05, 0.1) is 27.0 Å². The van der Waals surface area contributed by atoms with Crippen molar-refractivity contribution >= 4 is 62.6 Å². The highest BCUT2D eigenvalue weighted by Gasteiger charge is 2.18. The van der Waals surface area contributed by atoms with Gasteiger partial charge in [-0.15, -0.1) is 0 Å². The van der Waals surface area contributed by atoms with Gasteiger partial charge in [-0.05, 0) is 50.1 Å². The molecule has 0 aliphatic heterocycles. The minimum atomic E-state index is -0.803. The Bertz CT molecular complexity index is 1270.